The van der Waals surface area contributed by atoms with E-state index in [1.807, 2.05) is 36.4 Å². The lowest BCUT2D eigenvalue weighted by Gasteiger charge is -2.26. The van der Waals surface area contributed by atoms with Crippen LogP contribution in [-0.4, -0.2) is 44.5 Å². The van der Waals surface area contributed by atoms with Crippen LogP contribution in [0.5, 0.6) is 0 Å². The SMILES string of the molecule is O=C(O)OC1(OC(=O)O)CCC(NCc2ccc(-c3noc(-c4ccc(CC5CC5)cc4)n3)cc2)C1. The molecule has 2 fully saturated rings. The van der Waals surface area contributed by atoms with Gasteiger partial charge in [-0.15, -0.1) is 0 Å². The fraction of sp³-hybridized carbons (Fsp3) is 0.385. The van der Waals surface area contributed by atoms with E-state index < -0.39 is 18.1 Å². The minimum Gasteiger partial charge on any atom is -0.450 e. The van der Waals surface area contributed by atoms with Gasteiger partial charge >= 0.3 is 12.3 Å². The zero-order valence-electron chi connectivity index (χ0n) is 19.6. The molecule has 2 aromatic carbocycles. The molecule has 1 aromatic heterocycles. The van der Waals surface area contributed by atoms with E-state index in [1.54, 1.807) is 0 Å². The van der Waals surface area contributed by atoms with E-state index in [9.17, 15) is 9.59 Å². The van der Waals surface area contributed by atoms with E-state index in [0.29, 0.717) is 24.7 Å². The molecule has 0 bridgehead atoms. The molecule has 188 valence electrons. The molecule has 1 atom stereocenters. The number of hydrogen-bond acceptors (Lipinski definition) is 8. The van der Waals surface area contributed by atoms with Crippen LogP contribution in [0.25, 0.3) is 22.8 Å². The van der Waals surface area contributed by atoms with Crippen molar-refractivity contribution < 1.29 is 33.8 Å². The third kappa shape index (κ3) is 5.83. The second-order valence-corrected chi connectivity index (χ2v) is 9.43. The minimum absolute atomic E-state index is 0.108. The Bertz CT molecular complexity index is 1200. The number of carbonyl (C=O) groups is 2. The number of rotatable bonds is 9. The Morgan fingerprint density at radius 2 is 1.58 bits per heavy atom. The summed E-state index contributed by atoms with van der Waals surface area (Å²) in [6.45, 7) is 0.506. The van der Waals surface area contributed by atoms with Crippen LogP contribution in [0, 0.1) is 5.92 Å². The lowest BCUT2D eigenvalue weighted by atomic mass is 10.1. The first-order chi connectivity index (χ1) is 17.4. The van der Waals surface area contributed by atoms with E-state index in [1.165, 1.54) is 18.4 Å². The Labute approximate surface area is 207 Å². The first kappa shape index (κ1) is 23.8. The van der Waals surface area contributed by atoms with Crippen molar-refractivity contribution in [3.8, 4) is 22.8 Å². The summed E-state index contributed by atoms with van der Waals surface area (Å²) in [4.78, 5) is 26.5. The number of aromatic nitrogens is 2. The third-order valence-corrected chi connectivity index (χ3v) is 6.63. The van der Waals surface area contributed by atoms with Crippen LogP contribution in [0.1, 0.15) is 43.2 Å². The van der Waals surface area contributed by atoms with E-state index in [4.69, 9.17) is 24.2 Å². The molecule has 2 saturated carbocycles. The highest BCUT2D eigenvalue weighted by atomic mass is 16.8. The van der Waals surface area contributed by atoms with Crippen molar-refractivity contribution in [2.45, 2.75) is 56.9 Å². The van der Waals surface area contributed by atoms with Crippen LogP contribution in [0.2, 0.25) is 0 Å². The van der Waals surface area contributed by atoms with Crippen molar-refractivity contribution in [2.75, 3.05) is 0 Å². The van der Waals surface area contributed by atoms with Gasteiger partial charge in [-0.25, -0.2) is 9.59 Å². The highest BCUT2D eigenvalue weighted by Crippen LogP contribution is 2.35. The molecule has 0 spiro atoms. The van der Waals surface area contributed by atoms with E-state index >= 15 is 0 Å². The molecule has 10 nitrogen and oxygen atoms in total. The molecule has 36 heavy (non-hydrogen) atoms. The Morgan fingerprint density at radius 3 is 2.22 bits per heavy atom. The van der Waals surface area contributed by atoms with Crippen LogP contribution < -0.4 is 5.32 Å². The van der Waals surface area contributed by atoms with Crippen LogP contribution >= 0.6 is 0 Å². The quantitative estimate of drug-likeness (QED) is 0.272. The molecule has 10 heteroatoms. The Balaban J connectivity index is 1.16. The second-order valence-electron chi connectivity index (χ2n) is 9.43. The third-order valence-electron chi connectivity index (χ3n) is 6.63. The van der Waals surface area contributed by atoms with Gasteiger partial charge in [0.2, 0.25) is 5.82 Å². The maximum absolute atomic E-state index is 11.0. The van der Waals surface area contributed by atoms with Crippen molar-refractivity contribution in [2.24, 2.45) is 5.92 Å². The average Bonchev–Trinajstić information content (AvgIpc) is 3.36. The molecule has 0 saturated heterocycles. The van der Waals surface area contributed by atoms with Crippen LogP contribution in [-0.2, 0) is 22.4 Å². The van der Waals surface area contributed by atoms with Gasteiger partial charge in [0.1, 0.15) is 0 Å². The first-order valence-electron chi connectivity index (χ1n) is 12.0. The fourth-order valence-corrected chi connectivity index (χ4v) is 4.60. The highest BCUT2D eigenvalue weighted by molar-refractivity contribution is 5.61. The average molecular weight is 494 g/mol. The molecule has 3 aromatic rings. The maximum Gasteiger partial charge on any atom is 0.509 e. The number of nitrogens with one attached hydrogen (secondary N) is 1. The second kappa shape index (κ2) is 9.98. The Kier molecular flexibility index (Phi) is 6.60. The highest BCUT2D eigenvalue weighted by Gasteiger charge is 2.46. The zero-order valence-corrected chi connectivity index (χ0v) is 19.6. The van der Waals surface area contributed by atoms with Gasteiger partial charge in [0, 0.05) is 36.6 Å². The molecule has 1 heterocycles. The van der Waals surface area contributed by atoms with E-state index in [-0.39, 0.29) is 18.9 Å². The topological polar surface area (TPSA) is 144 Å². The first-order valence-corrected chi connectivity index (χ1v) is 12.0. The molecular weight excluding hydrogens is 466 g/mol. The van der Waals surface area contributed by atoms with Gasteiger partial charge in [-0.05, 0) is 54.9 Å². The van der Waals surface area contributed by atoms with Crippen molar-refractivity contribution in [3.63, 3.8) is 0 Å². The predicted octanol–water partition coefficient (Wildman–Crippen LogP) is 5.08. The van der Waals surface area contributed by atoms with E-state index in [0.717, 1.165) is 29.0 Å². The molecule has 1 unspecified atom stereocenters. The molecule has 5 rings (SSSR count). The molecule has 0 amide bonds. The summed E-state index contributed by atoms with van der Waals surface area (Å²) in [6.07, 6.45) is 1.44. The number of benzene rings is 2. The number of hydrogen-bond donors (Lipinski definition) is 3. The molecule has 2 aliphatic carbocycles. The van der Waals surface area contributed by atoms with Gasteiger partial charge in [0.15, 0.2) is 0 Å². The Hall–Kier alpha value is -3.92. The van der Waals surface area contributed by atoms with Gasteiger partial charge in [-0.1, -0.05) is 41.6 Å². The number of ether oxygens (including phenoxy) is 2. The van der Waals surface area contributed by atoms with Crippen molar-refractivity contribution in [3.05, 3.63) is 59.7 Å². The molecule has 3 N–H and O–H groups in total. The van der Waals surface area contributed by atoms with Gasteiger partial charge in [0.05, 0.1) is 0 Å². The predicted molar refractivity (Wildman–Crippen MR) is 127 cm³/mol. The summed E-state index contributed by atoms with van der Waals surface area (Å²) >= 11 is 0. The number of carboxylic acid groups (broad SMARTS) is 2. The smallest absolute Gasteiger partial charge is 0.450 e. The summed E-state index contributed by atoms with van der Waals surface area (Å²) in [5.41, 5.74) is 4.03. The van der Waals surface area contributed by atoms with Gasteiger partial charge in [0.25, 0.3) is 11.7 Å². The summed E-state index contributed by atoms with van der Waals surface area (Å²) < 4.78 is 15.0. The van der Waals surface area contributed by atoms with Gasteiger partial charge in [-0.3, -0.25) is 0 Å². The Morgan fingerprint density at radius 1 is 0.944 bits per heavy atom. The number of nitrogens with zero attached hydrogens (tertiary/aromatic N) is 2. The monoisotopic (exact) mass is 493 g/mol. The van der Waals surface area contributed by atoms with Crippen molar-refractivity contribution in [1.82, 2.24) is 15.5 Å². The van der Waals surface area contributed by atoms with Crippen LogP contribution in [0.3, 0.4) is 0 Å². The fourth-order valence-electron chi connectivity index (χ4n) is 4.60. The molecule has 0 radical (unpaired) electrons. The molecule has 0 aliphatic heterocycles. The van der Waals surface area contributed by atoms with Gasteiger partial charge in [-0.2, -0.15) is 4.98 Å². The molecular formula is C26H27N3O7. The van der Waals surface area contributed by atoms with Crippen LogP contribution in [0.4, 0.5) is 9.59 Å². The van der Waals surface area contributed by atoms with Crippen molar-refractivity contribution in [1.29, 1.82) is 0 Å². The summed E-state index contributed by atoms with van der Waals surface area (Å²) in [5, 5.41) is 25.3. The van der Waals surface area contributed by atoms with Crippen LogP contribution in [0.15, 0.2) is 53.1 Å². The standard InChI is InChI=1S/C26H27N3O7/c30-24(31)34-26(35-25(32)33)12-11-21(14-26)27-15-18-5-7-19(8-6-18)22-28-23(36-29-22)20-9-3-17(4-10-20)13-16-1-2-16/h3-10,16,21,27H,1-2,11-15H2,(H,30,31)(H,32,33). The maximum atomic E-state index is 11.0. The molecule has 2 aliphatic rings. The van der Waals surface area contributed by atoms with Gasteiger partial charge < -0.3 is 29.5 Å². The normalized spacial score (nSPS) is 18.6. The minimum atomic E-state index is -1.67. The van der Waals surface area contributed by atoms with E-state index in [2.05, 4.69) is 27.6 Å². The largest absolute Gasteiger partial charge is 0.509 e. The lowest BCUT2D eigenvalue weighted by molar-refractivity contribution is -0.177. The van der Waals surface area contributed by atoms with Crippen molar-refractivity contribution >= 4 is 12.3 Å². The summed E-state index contributed by atoms with van der Waals surface area (Å²) in [6, 6.07) is 15.8. The zero-order chi connectivity index (χ0) is 25.1. The lowest BCUT2D eigenvalue weighted by Crippen LogP contribution is -2.39. The summed E-state index contributed by atoms with van der Waals surface area (Å²) in [5.74, 6) is 0.148. The summed E-state index contributed by atoms with van der Waals surface area (Å²) in [7, 11) is 0.